The van der Waals surface area contributed by atoms with Crippen LogP contribution in [0.15, 0.2) is 0 Å². The first-order chi connectivity index (χ1) is 15.0. The van der Waals surface area contributed by atoms with Crippen molar-refractivity contribution < 1.29 is 39.3 Å². The first-order valence-electron chi connectivity index (χ1n) is 10.4. The summed E-state index contributed by atoms with van der Waals surface area (Å²) in [5.41, 5.74) is 11.3. The van der Waals surface area contributed by atoms with E-state index < -0.39 is 66.9 Å². The van der Waals surface area contributed by atoms with Crippen molar-refractivity contribution in [3.05, 3.63) is 0 Å². The largest absolute Gasteiger partial charge is 0.481 e. The van der Waals surface area contributed by atoms with Gasteiger partial charge in [-0.3, -0.25) is 19.2 Å². The molecule has 0 saturated carbocycles. The highest BCUT2D eigenvalue weighted by atomic mass is 16.4. The van der Waals surface area contributed by atoms with E-state index in [1.54, 1.807) is 13.8 Å². The maximum atomic E-state index is 12.7. The lowest BCUT2D eigenvalue weighted by Gasteiger charge is -2.27. The highest BCUT2D eigenvalue weighted by Crippen LogP contribution is 2.10. The zero-order valence-corrected chi connectivity index (χ0v) is 18.4. The smallest absolute Gasteiger partial charge is 0.326 e. The molecular formula is C19H35N5O8. The maximum absolute atomic E-state index is 12.7. The van der Waals surface area contributed by atoms with Gasteiger partial charge in [0.25, 0.3) is 0 Å². The summed E-state index contributed by atoms with van der Waals surface area (Å²) in [5.74, 6) is -5.80. The molecule has 5 unspecified atom stereocenters. The second kappa shape index (κ2) is 15.1. The van der Waals surface area contributed by atoms with E-state index in [1.165, 1.54) is 0 Å². The summed E-state index contributed by atoms with van der Waals surface area (Å²) in [6.07, 6.45) is 1.32. The van der Waals surface area contributed by atoms with Gasteiger partial charge in [-0.05, 0) is 25.3 Å². The van der Waals surface area contributed by atoms with Crippen molar-refractivity contribution in [2.75, 3.05) is 13.2 Å². The van der Waals surface area contributed by atoms with Crippen LogP contribution in [0.4, 0.5) is 0 Å². The average molecular weight is 462 g/mol. The van der Waals surface area contributed by atoms with Crippen LogP contribution >= 0.6 is 0 Å². The number of nitrogens with one attached hydrogen (secondary N) is 3. The number of aliphatic carboxylic acids is 2. The van der Waals surface area contributed by atoms with E-state index in [2.05, 4.69) is 10.6 Å². The number of aliphatic hydroxyl groups excluding tert-OH is 1. The number of rotatable bonds is 16. The van der Waals surface area contributed by atoms with Gasteiger partial charge in [-0.1, -0.05) is 26.7 Å². The molecule has 13 nitrogen and oxygen atoms in total. The Morgan fingerprint density at radius 3 is 1.97 bits per heavy atom. The van der Waals surface area contributed by atoms with Crippen LogP contribution in [0.3, 0.4) is 0 Å². The Labute approximate surface area is 186 Å². The number of carbonyl (C=O) groups is 5. The van der Waals surface area contributed by atoms with Gasteiger partial charge in [0.1, 0.15) is 18.1 Å². The molecule has 5 atom stereocenters. The molecule has 0 aliphatic rings. The molecule has 32 heavy (non-hydrogen) atoms. The van der Waals surface area contributed by atoms with E-state index in [1.807, 2.05) is 5.32 Å². The van der Waals surface area contributed by atoms with Gasteiger partial charge in [0.05, 0.1) is 19.1 Å². The van der Waals surface area contributed by atoms with E-state index in [0.717, 1.165) is 0 Å². The molecule has 0 bridgehead atoms. The lowest BCUT2D eigenvalue weighted by atomic mass is 9.97. The van der Waals surface area contributed by atoms with Crippen LogP contribution in [0.5, 0.6) is 0 Å². The monoisotopic (exact) mass is 461 g/mol. The first kappa shape index (κ1) is 29.2. The third-order valence-corrected chi connectivity index (χ3v) is 4.91. The summed E-state index contributed by atoms with van der Waals surface area (Å²) in [7, 11) is 0. The Balaban J connectivity index is 5.23. The van der Waals surface area contributed by atoms with Crippen LogP contribution in [0, 0.1) is 5.92 Å². The summed E-state index contributed by atoms with van der Waals surface area (Å²) < 4.78 is 0. The number of carbonyl (C=O) groups excluding carboxylic acids is 3. The molecule has 0 fully saturated rings. The molecule has 13 heteroatoms. The first-order valence-corrected chi connectivity index (χ1v) is 10.4. The molecule has 10 N–H and O–H groups in total. The molecule has 0 aliphatic carbocycles. The van der Waals surface area contributed by atoms with Crippen molar-refractivity contribution in [1.29, 1.82) is 0 Å². The summed E-state index contributed by atoms with van der Waals surface area (Å²) in [5, 5.41) is 34.1. The second-order valence-corrected chi connectivity index (χ2v) is 7.50. The molecule has 0 radical (unpaired) electrons. The molecule has 0 aromatic carbocycles. The molecule has 184 valence electrons. The zero-order valence-electron chi connectivity index (χ0n) is 18.4. The third kappa shape index (κ3) is 10.5. The van der Waals surface area contributed by atoms with E-state index in [4.69, 9.17) is 21.7 Å². The molecule has 0 spiro atoms. The fraction of sp³-hybridized carbons (Fsp3) is 0.737. The van der Waals surface area contributed by atoms with Crippen LogP contribution in [0.2, 0.25) is 0 Å². The van der Waals surface area contributed by atoms with Crippen molar-refractivity contribution in [3.8, 4) is 0 Å². The number of aliphatic hydroxyl groups is 1. The van der Waals surface area contributed by atoms with Gasteiger partial charge in [0, 0.05) is 0 Å². The number of carboxylic acid groups (broad SMARTS) is 2. The number of unbranched alkanes of at least 4 members (excludes halogenated alkanes) is 1. The summed E-state index contributed by atoms with van der Waals surface area (Å²) in [6.45, 7) is 3.08. The van der Waals surface area contributed by atoms with Crippen molar-refractivity contribution in [3.63, 3.8) is 0 Å². The number of hydrogen-bond donors (Lipinski definition) is 8. The Hall–Kier alpha value is -2.77. The van der Waals surface area contributed by atoms with Gasteiger partial charge in [-0.15, -0.1) is 0 Å². The Morgan fingerprint density at radius 1 is 0.906 bits per heavy atom. The number of nitrogens with two attached hydrogens (primary N) is 2. The fourth-order valence-electron chi connectivity index (χ4n) is 2.70. The van der Waals surface area contributed by atoms with Crippen LogP contribution in [-0.2, 0) is 24.0 Å². The molecule has 0 saturated heterocycles. The highest BCUT2D eigenvalue weighted by Gasteiger charge is 2.32. The standard InChI is InChI=1S/C19H35N5O8/c1-3-10(2)15(24-16(28)11(21)6-4-5-7-20)18(30)23-13(9-25)17(29)22-12(19(31)32)8-14(26)27/h10-13,15,25H,3-9,20-21H2,1-2H3,(H,22,29)(H,23,30)(H,24,28)(H,26,27)(H,31,32). The highest BCUT2D eigenvalue weighted by molar-refractivity contribution is 5.94. The van der Waals surface area contributed by atoms with Crippen LogP contribution in [-0.4, -0.2) is 82.3 Å². The molecular weight excluding hydrogens is 426 g/mol. The lowest BCUT2D eigenvalue weighted by molar-refractivity contribution is -0.147. The molecule has 0 aromatic heterocycles. The number of amides is 3. The van der Waals surface area contributed by atoms with Gasteiger partial charge in [-0.2, -0.15) is 0 Å². The van der Waals surface area contributed by atoms with E-state index in [0.29, 0.717) is 32.2 Å². The average Bonchev–Trinajstić information content (AvgIpc) is 2.73. The Bertz CT molecular complexity index is 660. The predicted molar refractivity (Wildman–Crippen MR) is 113 cm³/mol. The summed E-state index contributed by atoms with van der Waals surface area (Å²) in [4.78, 5) is 59.3. The second-order valence-electron chi connectivity index (χ2n) is 7.50. The van der Waals surface area contributed by atoms with Crippen molar-refractivity contribution >= 4 is 29.7 Å². The SMILES string of the molecule is CCC(C)C(NC(=O)C(N)CCCCN)C(=O)NC(CO)C(=O)NC(CC(=O)O)C(=O)O. The quantitative estimate of drug-likeness (QED) is 0.112. The maximum Gasteiger partial charge on any atom is 0.326 e. The van der Waals surface area contributed by atoms with E-state index >= 15 is 0 Å². The van der Waals surface area contributed by atoms with Gasteiger partial charge >= 0.3 is 11.9 Å². The van der Waals surface area contributed by atoms with E-state index in [-0.39, 0.29) is 5.92 Å². The van der Waals surface area contributed by atoms with Crippen LogP contribution in [0.1, 0.15) is 46.0 Å². The third-order valence-electron chi connectivity index (χ3n) is 4.91. The predicted octanol–water partition coefficient (Wildman–Crippen LogP) is -2.51. The number of hydrogen-bond acceptors (Lipinski definition) is 8. The minimum Gasteiger partial charge on any atom is -0.481 e. The van der Waals surface area contributed by atoms with Crippen molar-refractivity contribution in [2.45, 2.75) is 70.1 Å². The normalized spacial score (nSPS) is 15.5. The van der Waals surface area contributed by atoms with Crippen molar-refractivity contribution in [1.82, 2.24) is 16.0 Å². The summed E-state index contributed by atoms with van der Waals surface area (Å²) in [6, 6.07) is -5.23. The zero-order chi connectivity index (χ0) is 24.8. The number of carboxylic acids is 2. The molecule has 3 amide bonds. The fourth-order valence-corrected chi connectivity index (χ4v) is 2.70. The molecule has 0 heterocycles. The summed E-state index contributed by atoms with van der Waals surface area (Å²) >= 11 is 0. The Morgan fingerprint density at radius 2 is 1.50 bits per heavy atom. The minimum atomic E-state index is -1.75. The van der Waals surface area contributed by atoms with Gasteiger partial charge < -0.3 is 42.7 Å². The van der Waals surface area contributed by atoms with Gasteiger partial charge in [0.15, 0.2) is 0 Å². The molecule has 0 aliphatic heterocycles. The van der Waals surface area contributed by atoms with Gasteiger partial charge in [0.2, 0.25) is 17.7 Å². The van der Waals surface area contributed by atoms with E-state index in [9.17, 15) is 29.1 Å². The lowest BCUT2D eigenvalue weighted by Crippen LogP contribution is -2.59. The van der Waals surface area contributed by atoms with Crippen LogP contribution < -0.4 is 27.4 Å². The molecule has 0 aromatic rings. The minimum absolute atomic E-state index is 0.351. The van der Waals surface area contributed by atoms with Crippen LogP contribution in [0.25, 0.3) is 0 Å². The topological polar surface area (TPSA) is 234 Å². The van der Waals surface area contributed by atoms with Crippen molar-refractivity contribution in [2.24, 2.45) is 17.4 Å². The molecule has 0 rings (SSSR count). The van der Waals surface area contributed by atoms with Gasteiger partial charge in [-0.25, -0.2) is 4.79 Å². The Kier molecular flexibility index (Phi) is 13.8.